The van der Waals surface area contributed by atoms with Gasteiger partial charge < -0.3 is 9.47 Å². The highest BCUT2D eigenvalue weighted by Crippen LogP contribution is 2.23. The van der Waals surface area contributed by atoms with E-state index in [4.69, 9.17) is 9.47 Å². The first-order valence-corrected chi connectivity index (χ1v) is 9.92. The minimum Gasteiger partial charge on any atom is -0.496 e. The van der Waals surface area contributed by atoms with Crippen molar-refractivity contribution in [2.75, 3.05) is 7.11 Å². The largest absolute Gasteiger partial charge is 0.496 e. The number of para-hydroxylation sites is 1. The Balaban J connectivity index is 1.70. The Morgan fingerprint density at radius 1 is 0.889 bits per heavy atom. The molecular formula is C21H21NO4S. The van der Waals surface area contributed by atoms with Crippen molar-refractivity contribution in [1.82, 2.24) is 4.72 Å². The van der Waals surface area contributed by atoms with Crippen molar-refractivity contribution in [2.45, 2.75) is 18.4 Å². The molecule has 0 aliphatic carbocycles. The fraction of sp³-hybridized carbons (Fsp3) is 0.143. The summed E-state index contributed by atoms with van der Waals surface area (Å²) in [5.74, 6) is 2.03. The molecule has 0 saturated carbocycles. The van der Waals surface area contributed by atoms with Crippen LogP contribution in [0.4, 0.5) is 0 Å². The number of aryl methyl sites for hydroxylation is 1. The second-order valence-corrected chi connectivity index (χ2v) is 7.79. The van der Waals surface area contributed by atoms with E-state index < -0.39 is 10.0 Å². The standard InChI is InChI=1S/C21H21NO4S/c1-16-13-20(11-12-21(16)25-2)27(23,24)22-15-17-7-6-10-19(14-17)26-18-8-4-3-5-9-18/h3-14,22H,15H2,1-2H3. The van der Waals surface area contributed by atoms with Crippen LogP contribution < -0.4 is 14.2 Å². The summed E-state index contributed by atoms with van der Waals surface area (Å²) < 4.78 is 38.7. The predicted octanol–water partition coefficient (Wildman–Crippen LogP) is 4.27. The number of rotatable bonds is 7. The molecule has 27 heavy (non-hydrogen) atoms. The van der Waals surface area contributed by atoms with Crippen LogP contribution in [-0.2, 0) is 16.6 Å². The Morgan fingerprint density at radius 3 is 2.33 bits per heavy atom. The zero-order valence-electron chi connectivity index (χ0n) is 15.2. The summed E-state index contributed by atoms with van der Waals surface area (Å²) in [5, 5.41) is 0. The van der Waals surface area contributed by atoms with Crippen molar-refractivity contribution in [3.8, 4) is 17.2 Å². The van der Waals surface area contributed by atoms with E-state index in [0.717, 1.165) is 16.9 Å². The van der Waals surface area contributed by atoms with Gasteiger partial charge in [0.2, 0.25) is 10.0 Å². The molecule has 0 fully saturated rings. The first-order valence-electron chi connectivity index (χ1n) is 8.44. The van der Waals surface area contributed by atoms with E-state index in [9.17, 15) is 8.42 Å². The lowest BCUT2D eigenvalue weighted by atomic mass is 10.2. The molecule has 140 valence electrons. The Hall–Kier alpha value is -2.83. The van der Waals surface area contributed by atoms with E-state index in [1.54, 1.807) is 19.2 Å². The van der Waals surface area contributed by atoms with Crippen molar-refractivity contribution in [3.05, 3.63) is 83.9 Å². The lowest BCUT2D eigenvalue weighted by Crippen LogP contribution is -2.23. The van der Waals surface area contributed by atoms with E-state index in [-0.39, 0.29) is 11.4 Å². The van der Waals surface area contributed by atoms with Gasteiger partial charge in [0.05, 0.1) is 12.0 Å². The zero-order valence-corrected chi connectivity index (χ0v) is 16.0. The second kappa shape index (κ2) is 8.24. The topological polar surface area (TPSA) is 64.6 Å². The van der Waals surface area contributed by atoms with E-state index in [2.05, 4.69) is 4.72 Å². The average molecular weight is 383 g/mol. The molecule has 3 aromatic carbocycles. The molecule has 0 aliphatic heterocycles. The van der Waals surface area contributed by atoms with Gasteiger partial charge in [-0.3, -0.25) is 0 Å². The van der Waals surface area contributed by atoms with Gasteiger partial charge >= 0.3 is 0 Å². The lowest BCUT2D eigenvalue weighted by Gasteiger charge is -2.11. The van der Waals surface area contributed by atoms with Gasteiger partial charge in [-0.05, 0) is 60.5 Å². The third-order valence-corrected chi connectivity index (χ3v) is 5.42. The van der Waals surface area contributed by atoms with Crippen LogP contribution in [0.5, 0.6) is 17.2 Å². The summed E-state index contributed by atoms with van der Waals surface area (Å²) in [6, 6.07) is 21.5. The number of benzene rings is 3. The molecule has 3 aromatic rings. The molecule has 1 N–H and O–H groups in total. The van der Waals surface area contributed by atoms with E-state index in [1.807, 2.05) is 61.5 Å². The molecule has 0 spiro atoms. The Labute approximate surface area is 159 Å². The van der Waals surface area contributed by atoms with Crippen LogP contribution in [-0.4, -0.2) is 15.5 Å². The number of hydrogen-bond acceptors (Lipinski definition) is 4. The fourth-order valence-corrected chi connectivity index (χ4v) is 3.73. The van der Waals surface area contributed by atoms with E-state index in [0.29, 0.717) is 11.5 Å². The summed E-state index contributed by atoms with van der Waals surface area (Å²) in [7, 11) is -2.07. The number of ether oxygens (including phenoxy) is 2. The number of methoxy groups -OCH3 is 1. The maximum absolute atomic E-state index is 12.6. The quantitative estimate of drug-likeness (QED) is 0.662. The van der Waals surface area contributed by atoms with Crippen molar-refractivity contribution in [1.29, 1.82) is 0 Å². The summed E-state index contributed by atoms with van der Waals surface area (Å²) in [6.45, 7) is 1.97. The van der Waals surface area contributed by atoms with Gasteiger partial charge in [-0.1, -0.05) is 30.3 Å². The first-order chi connectivity index (χ1) is 13.0. The van der Waals surface area contributed by atoms with Gasteiger partial charge in [0.15, 0.2) is 0 Å². The fourth-order valence-electron chi connectivity index (χ4n) is 2.62. The minimum absolute atomic E-state index is 0.166. The molecular weight excluding hydrogens is 362 g/mol. The van der Waals surface area contributed by atoms with Crippen molar-refractivity contribution >= 4 is 10.0 Å². The van der Waals surface area contributed by atoms with Gasteiger partial charge in [0.25, 0.3) is 0 Å². The lowest BCUT2D eigenvalue weighted by molar-refractivity contribution is 0.411. The Morgan fingerprint density at radius 2 is 1.63 bits per heavy atom. The predicted molar refractivity (Wildman–Crippen MR) is 105 cm³/mol. The maximum Gasteiger partial charge on any atom is 0.240 e. The summed E-state index contributed by atoms with van der Waals surface area (Å²) in [5.41, 5.74) is 1.57. The van der Waals surface area contributed by atoms with Crippen LogP contribution in [0.1, 0.15) is 11.1 Å². The van der Waals surface area contributed by atoms with Crippen LogP contribution in [0.2, 0.25) is 0 Å². The molecule has 0 unspecified atom stereocenters. The number of sulfonamides is 1. The molecule has 0 atom stereocenters. The van der Waals surface area contributed by atoms with Gasteiger partial charge in [-0.15, -0.1) is 0 Å². The smallest absolute Gasteiger partial charge is 0.240 e. The third-order valence-electron chi connectivity index (χ3n) is 4.02. The maximum atomic E-state index is 12.6. The first kappa shape index (κ1) is 18.9. The third kappa shape index (κ3) is 4.87. The molecule has 5 nitrogen and oxygen atoms in total. The summed E-state index contributed by atoms with van der Waals surface area (Å²) >= 11 is 0. The monoisotopic (exact) mass is 383 g/mol. The SMILES string of the molecule is COc1ccc(S(=O)(=O)NCc2cccc(Oc3ccccc3)c2)cc1C. The Kier molecular flexibility index (Phi) is 5.78. The molecule has 0 bridgehead atoms. The molecule has 3 rings (SSSR count). The highest BCUT2D eigenvalue weighted by Gasteiger charge is 2.15. The molecule has 0 heterocycles. The molecule has 0 aromatic heterocycles. The highest BCUT2D eigenvalue weighted by atomic mass is 32.2. The minimum atomic E-state index is -3.62. The number of nitrogens with one attached hydrogen (secondary N) is 1. The molecule has 6 heteroatoms. The molecule has 0 amide bonds. The number of hydrogen-bond donors (Lipinski definition) is 1. The van der Waals surface area contributed by atoms with Gasteiger partial charge in [-0.2, -0.15) is 0 Å². The van der Waals surface area contributed by atoms with Crippen molar-refractivity contribution < 1.29 is 17.9 Å². The van der Waals surface area contributed by atoms with Gasteiger partial charge in [-0.25, -0.2) is 13.1 Å². The van der Waals surface area contributed by atoms with Crippen LogP contribution in [0.3, 0.4) is 0 Å². The normalized spacial score (nSPS) is 11.2. The van der Waals surface area contributed by atoms with Crippen LogP contribution in [0.15, 0.2) is 77.7 Å². The Bertz CT molecular complexity index is 1020. The van der Waals surface area contributed by atoms with E-state index in [1.165, 1.54) is 6.07 Å². The van der Waals surface area contributed by atoms with E-state index >= 15 is 0 Å². The van der Waals surface area contributed by atoms with Gasteiger partial charge in [0.1, 0.15) is 17.2 Å². The second-order valence-electron chi connectivity index (χ2n) is 6.02. The summed E-state index contributed by atoms with van der Waals surface area (Å²) in [6.07, 6.45) is 0. The van der Waals surface area contributed by atoms with Crippen LogP contribution >= 0.6 is 0 Å². The van der Waals surface area contributed by atoms with Crippen LogP contribution in [0.25, 0.3) is 0 Å². The average Bonchev–Trinajstić information content (AvgIpc) is 2.67. The zero-order chi connectivity index (χ0) is 19.3. The van der Waals surface area contributed by atoms with Gasteiger partial charge in [0, 0.05) is 6.54 Å². The van der Waals surface area contributed by atoms with Crippen molar-refractivity contribution in [3.63, 3.8) is 0 Å². The molecule has 0 saturated heterocycles. The molecule has 0 radical (unpaired) electrons. The highest BCUT2D eigenvalue weighted by molar-refractivity contribution is 7.89. The summed E-state index contributed by atoms with van der Waals surface area (Å²) in [4.78, 5) is 0.206. The van der Waals surface area contributed by atoms with Crippen LogP contribution in [0, 0.1) is 6.92 Å². The molecule has 0 aliphatic rings. The van der Waals surface area contributed by atoms with Crippen molar-refractivity contribution in [2.24, 2.45) is 0 Å².